The normalized spacial score (nSPS) is 21.0. The predicted octanol–water partition coefficient (Wildman–Crippen LogP) is 2.54. The van der Waals surface area contributed by atoms with Crippen LogP contribution < -0.4 is 5.32 Å². The van der Waals surface area contributed by atoms with E-state index >= 15 is 0 Å². The fourth-order valence-corrected chi connectivity index (χ4v) is 3.31. The Morgan fingerprint density at radius 2 is 2.00 bits per heavy atom. The Hall–Kier alpha value is -2.04. The van der Waals surface area contributed by atoms with Gasteiger partial charge < -0.3 is 15.1 Å². The molecule has 1 N–H and O–H groups in total. The Balaban J connectivity index is 1.73. The van der Waals surface area contributed by atoms with E-state index in [1.807, 2.05) is 40.1 Å². The second-order valence-corrected chi connectivity index (χ2v) is 7.07. The van der Waals surface area contributed by atoms with E-state index in [9.17, 15) is 9.59 Å². The smallest absolute Gasteiger partial charge is 0.318 e. The lowest BCUT2D eigenvalue weighted by Gasteiger charge is -2.48. The fraction of sp³-hybridized carbons (Fsp3) is 0.556. The van der Waals surface area contributed by atoms with Crippen LogP contribution in [0.3, 0.4) is 0 Å². The Morgan fingerprint density at radius 1 is 1.26 bits per heavy atom. The van der Waals surface area contributed by atoms with E-state index in [1.54, 1.807) is 0 Å². The van der Waals surface area contributed by atoms with Crippen LogP contribution in [0.1, 0.15) is 44.7 Å². The summed E-state index contributed by atoms with van der Waals surface area (Å²) in [6.45, 7) is 6.29. The quantitative estimate of drug-likeness (QED) is 0.928. The van der Waals surface area contributed by atoms with Crippen LogP contribution in [0, 0.1) is 0 Å². The monoisotopic (exact) mass is 315 g/mol. The second kappa shape index (κ2) is 6.22. The zero-order valence-corrected chi connectivity index (χ0v) is 13.9. The zero-order chi connectivity index (χ0) is 16.4. The number of rotatable bonds is 4. The van der Waals surface area contributed by atoms with Gasteiger partial charge in [0.15, 0.2) is 0 Å². The molecule has 0 bridgehead atoms. The van der Waals surface area contributed by atoms with Crippen LogP contribution in [0.2, 0.25) is 0 Å². The van der Waals surface area contributed by atoms with E-state index in [1.165, 1.54) is 0 Å². The number of likely N-dealkylation sites (tertiary alicyclic amines) is 2. The summed E-state index contributed by atoms with van der Waals surface area (Å²) in [7, 11) is 0. The van der Waals surface area contributed by atoms with Crippen molar-refractivity contribution < 1.29 is 9.59 Å². The van der Waals surface area contributed by atoms with Gasteiger partial charge in [0.2, 0.25) is 5.91 Å². The molecular weight excluding hydrogens is 290 g/mol. The van der Waals surface area contributed by atoms with Crippen molar-refractivity contribution in [3.8, 4) is 0 Å². The molecule has 3 rings (SSSR count). The average molecular weight is 315 g/mol. The minimum Gasteiger partial charge on any atom is -0.340 e. The highest BCUT2D eigenvalue weighted by Gasteiger charge is 2.40. The number of carbonyl (C=O) groups excluding carboxylic acids is 2. The molecule has 2 aliphatic heterocycles. The standard InChI is InChI=1S/C18H25N3O2/c1-18(2)10-12-21(18)17(23)19-15(14-7-4-3-5-8-14)13-20-11-6-9-16(20)22/h3-5,7-8,15H,6,9-13H2,1-2H3,(H,19,23)/t15-/m0/s1. The van der Waals surface area contributed by atoms with Crippen molar-refractivity contribution in [3.05, 3.63) is 35.9 Å². The summed E-state index contributed by atoms with van der Waals surface area (Å²) in [5.41, 5.74) is 0.966. The molecule has 0 unspecified atom stereocenters. The third-order valence-corrected chi connectivity index (χ3v) is 5.00. The third kappa shape index (κ3) is 3.33. The molecule has 1 aromatic carbocycles. The number of hydrogen-bond acceptors (Lipinski definition) is 2. The highest BCUT2D eigenvalue weighted by Crippen LogP contribution is 2.30. The molecule has 5 heteroatoms. The van der Waals surface area contributed by atoms with Crippen LogP contribution in [-0.4, -0.2) is 46.9 Å². The van der Waals surface area contributed by atoms with E-state index in [0.717, 1.165) is 31.5 Å². The molecule has 0 aliphatic carbocycles. The van der Waals surface area contributed by atoms with Gasteiger partial charge in [0.25, 0.3) is 0 Å². The summed E-state index contributed by atoms with van der Waals surface area (Å²) in [5, 5.41) is 3.13. The van der Waals surface area contributed by atoms with Crippen molar-refractivity contribution >= 4 is 11.9 Å². The summed E-state index contributed by atoms with van der Waals surface area (Å²) in [6.07, 6.45) is 2.56. The van der Waals surface area contributed by atoms with Gasteiger partial charge in [-0.05, 0) is 32.3 Å². The lowest BCUT2D eigenvalue weighted by Crippen LogP contribution is -2.61. The lowest BCUT2D eigenvalue weighted by atomic mass is 9.89. The van der Waals surface area contributed by atoms with Crippen LogP contribution in [0.15, 0.2) is 30.3 Å². The molecule has 5 nitrogen and oxygen atoms in total. The minimum absolute atomic E-state index is 0.0400. The summed E-state index contributed by atoms with van der Waals surface area (Å²) in [6, 6.07) is 9.70. The van der Waals surface area contributed by atoms with Crippen molar-refractivity contribution in [2.24, 2.45) is 0 Å². The Morgan fingerprint density at radius 3 is 2.52 bits per heavy atom. The number of amides is 3. The predicted molar refractivity (Wildman–Crippen MR) is 88.9 cm³/mol. The van der Waals surface area contributed by atoms with Gasteiger partial charge in [0, 0.05) is 31.6 Å². The number of urea groups is 1. The van der Waals surface area contributed by atoms with E-state index in [0.29, 0.717) is 13.0 Å². The van der Waals surface area contributed by atoms with Crippen LogP contribution in [-0.2, 0) is 4.79 Å². The molecular formula is C18H25N3O2. The number of hydrogen-bond donors (Lipinski definition) is 1. The Bertz CT molecular complexity index is 585. The van der Waals surface area contributed by atoms with E-state index in [4.69, 9.17) is 0 Å². The molecule has 1 aromatic rings. The number of benzene rings is 1. The molecule has 0 spiro atoms. The van der Waals surface area contributed by atoms with Crippen molar-refractivity contribution in [3.63, 3.8) is 0 Å². The molecule has 2 heterocycles. The summed E-state index contributed by atoms with van der Waals surface area (Å²) in [4.78, 5) is 28.3. The first kappa shape index (κ1) is 15.8. The van der Waals surface area contributed by atoms with Gasteiger partial charge >= 0.3 is 6.03 Å². The molecule has 0 radical (unpaired) electrons. The van der Waals surface area contributed by atoms with Crippen molar-refractivity contribution in [1.82, 2.24) is 15.1 Å². The first-order valence-electron chi connectivity index (χ1n) is 8.38. The molecule has 124 valence electrons. The summed E-state index contributed by atoms with van der Waals surface area (Å²) >= 11 is 0. The third-order valence-electron chi connectivity index (χ3n) is 5.00. The summed E-state index contributed by atoms with van der Waals surface area (Å²) < 4.78 is 0. The van der Waals surface area contributed by atoms with Crippen LogP contribution >= 0.6 is 0 Å². The fourth-order valence-electron chi connectivity index (χ4n) is 3.31. The van der Waals surface area contributed by atoms with Crippen molar-refractivity contribution in [1.29, 1.82) is 0 Å². The van der Waals surface area contributed by atoms with Gasteiger partial charge in [-0.15, -0.1) is 0 Å². The molecule has 23 heavy (non-hydrogen) atoms. The molecule has 2 aliphatic rings. The molecule has 0 saturated carbocycles. The topological polar surface area (TPSA) is 52.7 Å². The van der Waals surface area contributed by atoms with Crippen LogP contribution in [0.4, 0.5) is 4.79 Å². The maximum Gasteiger partial charge on any atom is 0.318 e. The highest BCUT2D eigenvalue weighted by atomic mass is 16.2. The SMILES string of the molecule is CC1(C)CCN1C(=O)N[C@@H](CN1CCCC1=O)c1ccccc1. The van der Waals surface area contributed by atoms with Gasteiger partial charge in [-0.2, -0.15) is 0 Å². The van der Waals surface area contributed by atoms with Gasteiger partial charge in [-0.25, -0.2) is 4.79 Å². The van der Waals surface area contributed by atoms with Gasteiger partial charge in [0.1, 0.15) is 0 Å². The number of nitrogens with one attached hydrogen (secondary N) is 1. The van der Waals surface area contributed by atoms with E-state index < -0.39 is 0 Å². The second-order valence-electron chi connectivity index (χ2n) is 7.07. The largest absolute Gasteiger partial charge is 0.340 e. The first-order chi connectivity index (χ1) is 11.0. The number of nitrogens with zero attached hydrogens (tertiary/aromatic N) is 2. The van der Waals surface area contributed by atoms with Crippen molar-refractivity contribution in [2.75, 3.05) is 19.6 Å². The maximum atomic E-state index is 12.6. The number of carbonyl (C=O) groups is 2. The molecule has 2 saturated heterocycles. The van der Waals surface area contributed by atoms with Crippen LogP contribution in [0.25, 0.3) is 0 Å². The molecule has 2 fully saturated rings. The first-order valence-corrected chi connectivity index (χ1v) is 8.38. The average Bonchev–Trinajstić information content (AvgIpc) is 2.91. The van der Waals surface area contributed by atoms with Gasteiger partial charge in [-0.3, -0.25) is 4.79 Å². The van der Waals surface area contributed by atoms with Crippen molar-refractivity contribution in [2.45, 2.75) is 44.7 Å². The van der Waals surface area contributed by atoms with Crippen LogP contribution in [0.5, 0.6) is 0 Å². The van der Waals surface area contributed by atoms with E-state index in [2.05, 4.69) is 19.2 Å². The van der Waals surface area contributed by atoms with Gasteiger partial charge in [0.05, 0.1) is 6.04 Å². The summed E-state index contributed by atoms with van der Waals surface area (Å²) in [5.74, 6) is 0.185. The molecule has 1 atom stereocenters. The van der Waals surface area contributed by atoms with E-state index in [-0.39, 0.29) is 23.5 Å². The molecule has 0 aromatic heterocycles. The lowest BCUT2D eigenvalue weighted by molar-refractivity contribution is -0.128. The molecule has 3 amide bonds. The highest BCUT2D eigenvalue weighted by molar-refractivity contribution is 5.79. The minimum atomic E-state index is -0.165. The Kier molecular flexibility index (Phi) is 4.28. The van der Waals surface area contributed by atoms with Gasteiger partial charge in [-0.1, -0.05) is 30.3 Å². The zero-order valence-electron chi connectivity index (χ0n) is 13.9. The Labute approximate surface area is 137 Å². The maximum absolute atomic E-state index is 12.6.